The lowest BCUT2D eigenvalue weighted by molar-refractivity contribution is 0.297. The van der Waals surface area contributed by atoms with Crippen molar-refractivity contribution in [1.29, 1.82) is 0 Å². The van der Waals surface area contributed by atoms with Gasteiger partial charge in [-0.1, -0.05) is 43.7 Å². The van der Waals surface area contributed by atoms with Crippen molar-refractivity contribution in [2.45, 2.75) is 84.0 Å². The number of rotatable bonds is 8. The van der Waals surface area contributed by atoms with Gasteiger partial charge in [0.15, 0.2) is 0 Å². The molecule has 2 rings (SSSR count). The third kappa shape index (κ3) is 7.10. The van der Waals surface area contributed by atoms with Gasteiger partial charge < -0.3 is 0 Å². The molecule has 0 nitrogen and oxygen atoms in total. The van der Waals surface area contributed by atoms with Gasteiger partial charge in [-0.15, -0.1) is 6.58 Å². The molecule has 2 fully saturated rings. The molecule has 23 heavy (non-hydrogen) atoms. The summed E-state index contributed by atoms with van der Waals surface area (Å²) < 4.78 is 0. The highest BCUT2D eigenvalue weighted by Crippen LogP contribution is 2.33. The monoisotopic (exact) mass is 314 g/mol. The predicted molar refractivity (Wildman–Crippen MR) is 104 cm³/mol. The fourth-order valence-corrected chi connectivity index (χ4v) is 4.32. The van der Waals surface area contributed by atoms with E-state index in [1.165, 1.54) is 77.0 Å². The number of allylic oxidation sites excluding steroid dienone is 5. The maximum atomic E-state index is 3.94. The lowest BCUT2D eigenvalue weighted by Crippen LogP contribution is -2.13. The Morgan fingerprint density at radius 1 is 0.739 bits per heavy atom. The third-order valence-corrected chi connectivity index (χ3v) is 6.05. The predicted octanol–water partition coefficient (Wildman–Crippen LogP) is 7.48. The summed E-state index contributed by atoms with van der Waals surface area (Å²) in [4.78, 5) is 0. The highest BCUT2D eigenvalue weighted by Gasteiger charge is 2.19. The Balaban J connectivity index is 1.55. The van der Waals surface area contributed by atoms with Gasteiger partial charge in [-0.05, 0) is 94.3 Å². The van der Waals surface area contributed by atoms with E-state index in [1.807, 2.05) is 0 Å². The maximum Gasteiger partial charge on any atom is -0.0233 e. The molecule has 2 saturated carbocycles. The quantitative estimate of drug-likeness (QED) is 0.407. The number of unbranched alkanes of at least 4 members (excludes halogenated alkanes) is 1. The average molecular weight is 315 g/mol. The van der Waals surface area contributed by atoms with Gasteiger partial charge in [0.1, 0.15) is 0 Å². The Hall–Kier alpha value is -0.780. The maximum absolute atomic E-state index is 3.94. The van der Waals surface area contributed by atoms with Crippen LogP contribution in [0.25, 0.3) is 0 Å². The Kier molecular flexibility index (Phi) is 8.79. The van der Waals surface area contributed by atoms with E-state index >= 15 is 0 Å². The molecule has 0 aromatic carbocycles. The van der Waals surface area contributed by atoms with Crippen LogP contribution in [0.3, 0.4) is 0 Å². The molecule has 0 aromatic heterocycles. The van der Waals surface area contributed by atoms with Crippen LogP contribution < -0.4 is 0 Å². The first-order chi connectivity index (χ1) is 11.3. The van der Waals surface area contributed by atoms with Gasteiger partial charge in [-0.2, -0.15) is 0 Å². The summed E-state index contributed by atoms with van der Waals surface area (Å²) in [5.74, 6) is 3.52. The minimum Gasteiger partial charge on any atom is -0.103 e. The minimum atomic E-state index is 0.793. The summed E-state index contributed by atoms with van der Waals surface area (Å²) in [6.07, 6.45) is 28.6. The van der Waals surface area contributed by atoms with E-state index in [4.69, 9.17) is 0 Å². The highest BCUT2D eigenvalue weighted by molar-refractivity contribution is 4.95. The molecule has 130 valence electrons. The molecule has 0 spiro atoms. The van der Waals surface area contributed by atoms with E-state index in [0.717, 1.165) is 23.7 Å². The molecular weight excluding hydrogens is 276 g/mol. The van der Waals surface area contributed by atoms with E-state index in [0.29, 0.717) is 0 Å². The molecule has 0 amide bonds. The largest absolute Gasteiger partial charge is 0.103 e. The fraction of sp³-hybridized carbons (Fsp3) is 0.739. The minimum absolute atomic E-state index is 0.793. The molecular formula is C23H38. The van der Waals surface area contributed by atoms with E-state index in [2.05, 4.69) is 43.9 Å². The summed E-state index contributed by atoms with van der Waals surface area (Å²) in [6, 6.07) is 0. The zero-order valence-corrected chi connectivity index (χ0v) is 15.4. The van der Waals surface area contributed by atoms with Gasteiger partial charge >= 0.3 is 0 Å². The van der Waals surface area contributed by atoms with Crippen LogP contribution in [-0.4, -0.2) is 0 Å². The van der Waals surface area contributed by atoms with Crippen molar-refractivity contribution in [2.24, 2.45) is 23.7 Å². The molecule has 2 aliphatic rings. The van der Waals surface area contributed by atoms with E-state index in [9.17, 15) is 0 Å². The van der Waals surface area contributed by atoms with Crippen molar-refractivity contribution < 1.29 is 0 Å². The summed E-state index contributed by atoms with van der Waals surface area (Å²) in [7, 11) is 0. The van der Waals surface area contributed by atoms with Gasteiger partial charge in [0, 0.05) is 0 Å². The lowest BCUT2D eigenvalue weighted by atomic mass is 9.79. The first-order valence-corrected chi connectivity index (χ1v) is 10.3. The molecule has 0 aliphatic heterocycles. The SMILES string of the molecule is C=CC1CCC(/C=C/CCC2CCC(/C=C/CCC)CC2)CC1. The van der Waals surface area contributed by atoms with Gasteiger partial charge in [0.25, 0.3) is 0 Å². The van der Waals surface area contributed by atoms with Crippen LogP contribution in [0.15, 0.2) is 37.0 Å². The van der Waals surface area contributed by atoms with Crippen molar-refractivity contribution in [3.05, 3.63) is 37.0 Å². The Labute approximate surface area is 145 Å². The normalized spacial score (nSPS) is 32.6. The second-order valence-corrected chi connectivity index (χ2v) is 7.91. The fourth-order valence-electron chi connectivity index (χ4n) is 4.32. The molecule has 0 heterocycles. The summed E-state index contributed by atoms with van der Waals surface area (Å²) in [5, 5.41) is 0. The topological polar surface area (TPSA) is 0 Å². The van der Waals surface area contributed by atoms with Crippen molar-refractivity contribution in [1.82, 2.24) is 0 Å². The van der Waals surface area contributed by atoms with Crippen LogP contribution in [0.4, 0.5) is 0 Å². The first-order valence-electron chi connectivity index (χ1n) is 10.3. The summed E-state index contributed by atoms with van der Waals surface area (Å²) in [5.41, 5.74) is 0. The van der Waals surface area contributed by atoms with Crippen LogP contribution in [0.1, 0.15) is 84.0 Å². The molecule has 2 aliphatic carbocycles. The van der Waals surface area contributed by atoms with E-state index < -0.39 is 0 Å². The van der Waals surface area contributed by atoms with Crippen LogP contribution in [-0.2, 0) is 0 Å². The number of hydrogen-bond donors (Lipinski definition) is 0. The Bertz CT molecular complexity index is 359. The van der Waals surface area contributed by atoms with E-state index in [-0.39, 0.29) is 0 Å². The van der Waals surface area contributed by atoms with Crippen LogP contribution >= 0.6 is 0 Å². The lowest BCUT2D eigenvalue weighted by Gasteiger charge is -2.26. The van der Waals surface area contributed by atoms with Gasteiger partial charge in [0.2, 0.25) is 0 Å². The smallest absolute Gasteiger partial charge is 0.0233 e. The van der Waals surface area contributed by atoms with Crippen LogP contribution in [0.2, 0.25) is 0 Å². The third-order valence-electron chi connectivity index (χ3n) is 6.05. The molecule has 0 radical (unpaired) electrons. The Morgan fingerprint density at radius 3 is 1.83 bits per heavy atom. The average Bonchev–Trinajstić information content (AvgIpc) is 2.61. The van der Waals surface area contributed by atoms with Crippen LogP contribution in [0.5, 0.6) is 0 Å². The van der Waals surface area contributed by atoms with E-state index in [1.54, 1.807) is 0 Å². The molecule has 0 N–H and O–H groups in total. The highest BCUT2D eigenvalue weighted by atomic mass is 14.2. The van der Waals surface area contributed by atoms with Crippen LogP contribution in [0, 0.1) is 23.7 Å². The van der Waals surface area contributed by atoms with Gasteiger partial charge in [-0.3, -0.25) is 0 Å². The molecule has 0 aromatic rings. The van der Waals surface area contributed by atoms with Crippen molar-refractivity contribution in [2.75, 3.05) is 0 Å². The van der Waals surface area contributed by atoms with Crippen molar-refractivity contribution in [3.63, 3.8) is 0 Å². The Morgan fingerprint density at radius 2 is 1.26 bits per heavy atom. The first kappa shape index (κ1) is 18.6. The van der Waals surface area contributed by atoms with Crippen molar-refractivity contribution >= 4 is 0 Å². The van der Waals surface area contributed by atoms with Gasteiger partial charge in [0.05, 0.1) is 0 Å². The second kappa shape index (κ2) is 10.9. The zero-order valence-electron chi connectivity index (χ0n) is 15.4. The van der Waals surface area contributed by atoms with Crippen molar-refractivity contribution in [3.8, 4) is 0 Å². The molecule has 0 unspecified atom stereocenters. The number of hydrogen-bond acceptors (Lipinski definition) is 0. The summed E-state index contributed by atoms with van der Waals surface area (Å²) >= 11 is 0. The zero-order chi connectivity index (χ0) is 16.3. The summed E-state index contributed by atoms with van der Waals surface area (Å²) in [6.45, 7) is 6.20. The molecule has 0 atom stereocenters. The second-order valence-electron chi connectivity index (χ2n) is 7.91. The van der Waals surface area contributed by atoms with Gasteiger partial charge in [-0.25, -0.2) is 0 Å². The standard InChI is InChI=1S/C23H38/c1-3-5-6-9-21-16-18-23(19-17-21)11-8-7-10-22-14-12-20(4-2)13-15-22/h4,6-7,9-10,20-23H,2-3,5,8,11-19H2,1H3/b9-6+,10-7+. The molecule has 0 heteroatoms. The molecule has 0 bridgehead atoms. The molecule has 0 saturated heterocycles.